The van der Waals surface area contributed by atoms with Gasteiger partial charge in [-0.1, -0.05) is 17.3 Å². The molecule has 26 heavy (non-hydrogen) atoms. The molecule has 0 aliphatic carbocycles. The van der Waals surface area contributed by atoms with E-state index < -0.39 is 0 Å². The zero-order valence-electron chi connectivity index (χ0n) is 15.2. The third-order valence-corrected chi connectivity index (χ3v) is 5.25. The van der Waals surface area contributed by atoms with Crippen LogP contribution in [0.15, 0.2) is 34.9 Å². The third kappa shape index (κ3) is 3.81. The molecule has 0 saturated carbocycles. The first-order chi connectivity index (χ1) is 12.7. The quantitative estimate of drug-likeness (QED) is 0.843. The second kappa shape index (κ2) is 7.60. The molecular formula is C20H25N3O3. The number of nitrogens with zero attached hydrogens (tertiary/aromatic N) is 3. The number of aromatic nitrogens is 1. The predicted molar refractivity (Wildman–Crippen MR) is 97.0 cm³/mol. The van der Waals surface area contributed by atoms with Gasteiger partial charge >= 0.3 is 0 Å². The lowest BCUT2D eigenvalue weighted by molar-refractivity contribution is 0.0617. The Morgan fingerprint density at radius 3 is 2.77 bits per heavy atom. The van der Waals surface area contributed by atoms with Gasteiger partial charge in [-0.3, -0.25) is 9.69 Å². The summed E-state index contributed by atoms with van der Waals surface area (Å²) in [6.45, 7) is 7.43. The fourth-order valence-electron chi connectivity index (χ4n) is 3.73. The van der Waals surface area contributed by atoms with Crippen molar-refractivity contribution in [1.29, 1.82) is 0 Å². The Kier molecular flexibility index (Phi) is 5.04. The SMILES string of the molecule is Cc1cc(CN2CCN(C(=O)c3cccc(C4CCOC4)c3)CC2)on1. The molecule has 1 aromatic heterocycles. The summed E-state index contributed by atoms with van der Waals surface area (Å²) >= 11 is 0. The van der Waals surface area contributed by atoms with Crippen LogP contribution in [0.3, 0.4) is 0 Å². The van der Waals surface area contributed by atoms with E-state index in [9.17, 15) is 4.79 Å². The molecule has 1 unspecified atom stereocenters. The van der Waals surface area contributed by atoms with Crippen LogP contribution in [0, 0.1) is 6.92 Å². The smallest absolute Gasteiger partial charge is 0.253 e. The maximum atomic E-state index is 12.9. The van der Waals surface area contributed by atoms with Crippen LogP contribution in [-0.2, 0) is 11.3 Å². The van der Waals surface area contributed by atoms with Gasteiger partial charge in [0, 0.05) is 50.3 Å². The van der Waals surface area contributed by atoms with Crippen LogP contribution in [-0.4, -0.2) is 60.3 Å². The summed E-state index contributed by atoms with van der Waals surface area (Å²) in [5.41, 5.74) is 2.91. The normalized spacial score (nSPS) is 21.3. The lowest BCUT2D eigenvalue weighted by Crippen LogP contribution is -2.48. The van der Waals surface area contributed by atoms with Gasteiger partial charge in [0.05, 0.1) is 18.8 Å². The molecule has 1 amide bonds. The Balaban J connectivity index is 1.35. The molecule has 2 aromatic rings. The van der Waals surface area contributed by atoms with E-state index in [-0.39, 0.29) is 5.91 Å². The summed E-state index contributed by atoms with van der Waals surface area (Å²) < 4.78 is 10.8. The molecule has 0 bridgehead atoms. The molecule has 0 spiro atoms. The monoisotopic (exact) mass is 355 g/mol. The van der Waals surface area contributed by atoms with Crippen LogP contribution < -0.4 is 0 Å². The lowest BCUT2D eigenvalue weighted by atomic mass is 9.96. The van der Waals surface area contributed by atoms with Crippen molar-refractivity contribution in [3.8, 4) is 0 Å². The minimum Gasteiger partial charge on any atom is -0.381 e. The van der Waals surface area contributed by atoms with Crippen molar-refractivity contribution in [3.05, 3.63) is 52.9 Å². The van der Waals surface area contributed by atoms with Crippen LogP contribution in [0.25, 0.3) is 0 Å². The molecule has 0 N–H and O–H groups in total. The molecule has 6 heteroatoms. The fourth-order valence-corrected chi connectivity index (χ4v) is 3.73. The molecule has 1 atom stereocenters. The summed E-state index contributed by atoms with van der Waals surface area (Å²) in [4.78, 5) is 17.1. The number of amides is 1. The Morgan fingerprint density at radius 1 is 1.23 bits per heavy atom. The van der Waals surface area contributed by atoms with E-state index in [0.29, 0.717) is 5.92 Å². The van der Waals surface area contributed by atoms with Gasteiger partial charge in [-0.05, 0) is 31.0 Å². The van der Waals surface area contributed by atoms with E-state index in [0.717, 1.165) is 69.4 Å². The molecule has 2 aliphatic rings. The Bertz CT molecular complexity index is 759. The maximum Gasteiger partial charge on any atom is 0.253 e. The fraction of sp³-hybridized carbons (Fsp3) is 0.500. The van der Waals surface area contributed by atoms with Gasteiger partial charge in [0.2, 0.25) is 0 Å². The van der Waals surface area contributed by atoms with Gasteiger partial charge in [0.1, 0.15) is 0 Å². The van der Waals surface area contributed by atoms with Crippen LogP contribution in [0.5, 0.6) is 0 Å². The number of piperazine rings is 1. The molecule has 3 heterocycles. The predicted octanol–water partition coefficient (Wildman–Crippen LogP) is 2.44. The number of rotatable bonds is 4. The van der Waals surface area contributed by atoms with E-state index >= 15 is 0 Å². The summed E-state index contributed by atoms with van der Waals surface area (Å²) in [5.74, 6) is 1.43. The standard InChI is InChI=1S/C20H25N3O3/c1-15-11-19(26-21-15)13-22-6-8-23(9-7-22)20(24)17-4-2-3-16(12-17)18-5-10-25-14-18/h2-4,11-12,18H,5-10,13-14H2,1H3. The van der Waals surface area contributed by atoms with Gasteiger partial charge in [-0.25, -0.2) is 0 Å². The van der Waals surface area contributed by atoms with E-state index in [2.05, 4.69) is 16.1 Å². The minimum absolute atomic E-state index is 0.126. The van der Waals surface area contributed by atoms with Crippen LogP contribution in [0.4, 0.5) is 0 Å². The summed E-state index contributed by atoms with van der Waals surface area (Å²) in [6.07, 6.45) is 1.04. The van der Waals surface area contributed by atoms with Crippen molar-refractivity contribution >= 4 is 5.91 Å². The van der Waals surface area contributed by atoms with E-state index in [1.54, 1.807) is 0 Å². The second-order valence-corrected chi connectivity index (χ2v) is 7.19. The van der Waals surface area contributed by atoms with E-state index in [4.69, 9.17) is 9.26 Å². The highest BCUT2D eigenvalue weighted by molar-refractivity contribution is 5.94. The summed E-state index contributed by atoms with van der Waals surface area (Å²) in [5, 5.41) is 3.93. The topological polar surface area (TPSA) is 58.8 Å². The molecular weight excluding hydrogens is 330 g/mol. The highest BCUT2D eigenvalue weighted by Gasteiger charge is 2.24. The maximum absolute atomic E-state index is 12.9. The molecule has 2 fully saturated rings. The van der Waals surface area contributed by atoms with Crippen molar-refractivity contribution in [3.63, 3.8) is 0 Å². The van der Waals surface area contributed by atoms with Crippen molar-refractivity contribution in [2.75, 3.05) is 39.4 Å². The van der Waals surface area contributed by atoms with Crippen LogP contribution in [0.2, 0.25) is 0 Å². The third-order valence-electron chi connectivity index (χ3n) is 5.25. The van der Waals surface area contributed by atoms with Gasteiger partial charge in [-0.2, -0.15) is 0 Å². The molecule has 1 aromatic carbocycles. The highest BCUT2D eigenvalue weighted by atomic mass is 16.5. The summed E-state index contributed by atoms with van der Waals surface area (Å²) in [6, 6.07) is 10.0. The molecule has 0 radical (unpaired) electrons. The lowest BCUT2D eigenvalue weighted by Gasteiger charge is -2.34. The van der Waals surface area contributed by atoms with Crippen molar-refractivity contribution in [2.45, 2.75) is 25.8 Å². The molecule has 6 nitrogen and oxygen atoms in total. The van der Waals surface area contributed by atoms with Gasteiger partial charge in [0.15, 0.2) is 5.76 Å². The number of aryl methyl sites for hydroxylation is 1. The number of carbonyl (C=O) groups is 1. The average Bonchev–Trinajstić information content (AvgIpc) is 3.34. The zero-order chi connectivity index (χ0) is 17.9. The first-order valence-corrected chi connectivity index (χ1v) is 9.30. The number of carbonyl (C=O) groups excluding carboxylic acids is 1. The highest BCUT2D eigenvalue weighted by Crippen LogP contribution is 2.26. The van der Waals surface area contributed by atoms with Crippen molar-refractivity contribution < 1.29 is 14.1 Å². The minimum atomic E-state index is 0.126. The zero-order valence-corrected chi connectivity index (χ0v) is 15.2. The van der Waals surface area contributed by atoms with Gasteiger partial charge < -0.3 is 14.2 Å². The van der Waals surface area contributed by atoms with Gasteiger partial charge in [-0.15, -0.1) is 0 Å². The average molecular weight is 355 g/mol. The number of benzene rings is 1. The summed E-state index contributed by atoms with van der Waals surface area (Å²) in [7, 11) is 0. The Morgan fingerprint density at radius 2 is 2.08 bits per heavy atom. The first kappa shape index (κ1) is 17.2. The Labute approximate surface area is 153 Å². The van der Waals surface area contributed by atoms with Crippen LogP contribution in [0.1, 0.15) is 39.7 Å². The second-order valence-electron chi connectivity index (χ2n) is 7.19. The number of hydrogen-bond acceptors (Lipinski definition) is 5. The molecule has 2 aliphatic heterocycles. The molecule has 138 valence electrons. The van der Waals surface area contributed by atoms with Crippen molar-refractivity contribution in [1.82, 2.24) is 15.0 Å². The van der Waals surface area contributed by atoms with Crippen LogP contribution >= 0.6 is 0 Å². The Hall–Kier alpha value is -2.18. The van der Waals surface area contributed by atoms with Crippen molar-refractivity contribution in [2.24, 2.45) is 0 Å². The van der Waals surface area contributed by atoms with Gasteiger partial charge in [0.25, 0.3) is 5.91 Å². The first-order valence-electron chi connectivity index (χ1n) is 9.30. The molecule has 2 saturated heterocycles. The van der Waals surface area contributed by atoms with E-state index in [1.165, 1.54) is 5.56 Å². The van der Waals surface area contributed by atoms with E-state index in [1.807, 2.05) is 36.1 Å². The molecule has 4 rings (SSSR count). The largest absolute Gasteiger partial charge is 0.381 e. The number of hydrogen-bond donors (Lipinski definition) is 0. The number of ether oxygens (including phenoxy) is 1.